The standard InChI is InChI=1S/C24H30F2N2O3/c25-22-9-5-20(14-23(22)26)15-27-24(30)10-6-18-2-1-11-28(16-18)17-19-3-7-21(8-4-19)31-13-12-29/h3-5,7-9,14,18,29H,1-2,6,10-13,15-17H2,(H,27,30)/t18-/m1/s1. The first kappa shape index (κ1) is 23.2. The number of ether oxygens (including phenoxy) is 1. The highest BCUT2D eigenvalue weighted by Crippen LogP contribution is 2.23. The molecule has 168 valence electrons. The fourth-order valence-electron chi connectivity index (χ4n) is 3.92. The number of aliphatic hydroxyl groups excluding tert-OH is 1. The van der Waals surface area contributed by atoms with Crippen LogP contribution in [0.4, 0.5) is 8.78 Å². The molecule has 5 nitrogen and oxygen atoms in total. The number of piperidine rings is 1. The van der Waals surface area contributed by atoms with Crippen LogP contribution in [0.3, 0.4) is 0 Å². The van der Waals surface area contributed by atoms with Crippen LogP contribution in [0.1, 0.15) is 36.8 Å². The van der Waals surface area contributed by atoms with E-state index in [0.29, 0.717) is 24.5 Å². The van der Waals surface area contributed by atoms with Gasteiger partial charge in [-0.15, -0.1) is 0 Å². The lowest BCUT2D eigenvalue weighted by Crippen LogP contribution is -2.35. The van der Waals surface area contributed by atoms with E-state index in [9.17, 15) is 13.6 Å². The molecule has 1 atom stereocenters. The van der Waals surface area contributed by atoms with Gasteiger partial charge in [0.05, 0.1) is 6.61 Å². The molecule has 1 fully saturated rings. The number of aliphatic hydroxyl groups is 1. The molecule has 0 bridgehead atoms. The fraction of sp³-hybridized carbons (Fsp3) is 0.458. The van der Waals surface area contributed by atoms with E-state index in [1.165, 1.54) is 11.6 Å². The van der Waals surface area contributed by atoms with Gasteiger partial charge in [0, 0.05) is 26.1 Å². The Morgan fingerprint density at radius 3 is 2.65 bits per heavy atom. The first-order valence-electron chi connectivity index (χ1n) is 10.8. The van der Waals surface area contributed by atoms with E-state index >= 15 is 0 Å². The third-order valence-corrected chi connectivity index (χ3v) is 5.55. The maximum Gasteiger partial charge on any atom is 0.220 e. The van der Waals surface area contributed by atoms with Crippen LogP contribution in [0.15, 0.2) is 42.5 Å². The number of likely N-dealkylation sites (tertiary alicyclic amines) is 1. The van der Waals surface area contributed by atoms with Crippen LogP contribution in [0, 0.1) is 17.6 Å². The van der Waals surface area contributed by atoms with Gasteiger partial charge in [-0.25, -0.2) is 8.78 Å². The summed E-state index contributed by atoms with van der Waals surface area (Å²) in [6, 6.07) is 11.6. The van der Waals surface area contributed by atoms with E-state index in [4.69, 9.17) is 9.84 Å². The summed E-state index contributed by atoms with van der Waals surface area (Å²) in [7, 11) is 0. The van der Waals surface area contributed by atoms with Gasteiger partial charge in [-0.05, 0) is 67.1 Å². The summed E-state index contributed by atoms with van der Waals surface area (Å²) < 4.78 is 31.6. The summed E-state index contributed by atoms with van der Waals surface area (Å²) in [5.74, 6) is -0.636. The van der Waals surface area contributed by atoms with E-state index < -0.39 is 11.6 Å². The van der Waals surface area contributed by atoms with Crippen molar-refractivity contribution in [2.24, 2.45) is 5.92 Å². The van der Waals surface area contributed by atoms with Gasteiger partial charge in [0.25, 0.3) is 0 Å². The van der Waals surface area contributed by atoms with E-state index in [2.05, 4.69) is 10.2 Å². The predicted octanol–water partition coefficient (Wildman–Crippen LogP) is 3.64. The SMILES string of the molecule is O=C(CC[C@H]1CCCN(Cc2ccc(OCCO)cc2)C1)NCc1ccc(F)c(F)c1. The van der Waals surface area contributed by atoms with Crippen LogP contribution >= 0.6 is 0 Å². The largest absolute Gasteiger partial charge is 0.491 e. The summed E-state index contributed by atoms with van der Waals surface area (Å²) in [6.07, 6.45) is 3.47. The Morgan fingerprint density at radius 1 is 1.13 bits per heavy atom. The van der Waals surface area contributed by atoms with Crippen molar-refractivity contribution < 1.29 is 23.4 Å². The summed E-state index contributed by atoms with van der Waals surface area (Å²) in [4.78, 5) is 14.6. The number of nitrogens with one attached hydrogen (secondary N) is 1. The normalized spacial score (nSPS) is 16.8. The monoisotopic (exact) mass is 432 g/mol. The Balaban J connectivity index is 1.39. The van der Waals surface area contributed by atoms with Crippen molar-refractivity contribution in [2.45, 2.75) is 38.8 Å². The lowest BCUT2D eigenvalue weighted by atomic mass is 9.93. The molecule has 0 unspecified atom stereocenters. The van der Waals surface area contributed by atoms with Gasteiger partial charge in [0.2, 0.25) is 5.91 Å². The van der Waals surface area contributed by atoms with Crippen molar-refractivity contribution in [1.82, 2.24) is 10.2 Å². The molecule has 0 aliphatic carbocycles. The molecule has 2 N–H and O–H groups in total. The molecule has 2 aromatic rings. The molecule has 1 aliphatic rings. The second kappa shape index (κ2) is 11.8. The Kier molecular flexibility index (Phi) is 8.79. The zero-order valence-electron chi connectivity index (χ0n) is 17.7. The third kappa shape index (κ3) is 7.60. The van der Waals surface area contributed by atoms with Crippen LogP contribution in [-0.4, -0.2) is 42.2 Å². The number of amides is 1. The van der Waals surface area contributed by atoms with Gasteiger partial charge in [-0.3, -0.25) is 9.69 Å². The van der Waals surface area contributed by atoms with Crippen LogP contribution in [-0.2, 0) is 17.9 Å². The van der Waals surface area contributed by atoms with Gasteiger partial charge >= 0.3 is 0 Å². The second-order valence-corrected chi connectivity index (χ2v) is 8.02. The van der Waals surface area contributed by atoms with Gasteiger partial charge < -0.3 is 15.2 Å². The molecule has 7 heteroatoms. The first-order valence-corrected chi connectivity index (χ1v) is 10.8. The molecule has 1 amide bonds. The van der Waals surface area contributed by atoms with E-state index in [0.717, 1.165) is 56.8 Å². The number of nitrogens with zero attached hydrogens (tertiary/aromatic N) is 1. The molecular formula is C24H30F2N2O3. The Labute approximate surface area is 182 Å². The highest BCUT2D eigenvalue weighted by molar-refractivity contribution is 5.75. The van der Waals surface area contributed by atoms with E-state index in [1.807, 2.05) is 24.3 Å². The molecule has 2 aromatic carbocycles. The number of halogens is 2. The number of carbonyl (C=O) groups excluding carboxylic acids is 1. The lowest BCUT2D eigenvalue weighted by molar-refractivity contribution is -0.121. The molecule has 0 spiro atoms. The van der Waals surface area contributed by atoms with Gasteiger partial charge in [-0.2, -0.15) is 0 Å². The van der Waals surface area contributed by atoms with E-state index in [-0.39, 0.29) is 19.1 Å². The highest BCUT2D eigenvalue weighted by atomic mass is 19.2. The van der Waals surface area contributed by atoms with Crippen molar-refractivity contribution in [3.63, 3.8) is 0 Å². The first-order chi connectivity index (χ1) is 15.0. The van der Waals surface area contributed by atoms with Crippen LogP contribution in [0.25, 0.3) is 0 Å². The highest BCUT2D eigenvalue weighted by Gasteiger charge is 2.20. The zero-order valence-corrected chi connectivity index (χ0v) is 17.7. The maximum atomic E-state index is 13.2. The minimum absolute atomic E-state index is 0.000268. The molecular weight excluding hydrogens is 402 g/mol. The third-order valence-electron chi connectivity index (χ3n) is 5.55. The maximum absolute atomic E-state index is 13.2. The van der Waals surface area contributed by atoms with Crippen molar-refractivity contribution in [3.8, 4) is 5.75 Å². The van der Waals surface area contributed by atoms with Gasteiger partial charge in [0.1, 0.15) is 12.4 Å². The molecule has 0 aromatic heterocycles. The number of benzene rings is 2. The summed E-state index contributed by atoms with van der Waals surface area (Å²) >= 11 is 0. The van der Waals surface area contributed by atoms with Crippen LogP contribution in [0.2, 0.25) is 0 Å². The minimum atomic E-state index is -0.902. The summed E-state index contributed by atoms with van der Waals surface area (Å²) in [5.41, 5.74) is 1.75. The topological polar surface area (TPSA) is 61.8 Å². The zero-order chi connectivity index (χ0) is 22.1. The average molecular weight is 433 g/mol. The molecule has 0 saturated carbocycles. The van der Waals surface area contributed by atoms with Gasteiger partial charge in [-0.1, -0.05) is 18.2 Å². The number of hydrogen-bond donors (Lipinski definition) is 2. The van der Waals surface area contributed by atoms with E-state index in [1.54, 1.807) is 0 Å². The van der Waals surface area contributed by atoms with Crippen molar-refractivity contribution in [2.75, 3.05) is 26.3 Å². The number of rotatable bonds is 10. The number of hydrogen-bond acceptors (Lipinski definition) is 4. The van der Waals surface area contributed by atoms with Crippen molar-refractivity contribution in [3.05, 3.63) is 65.2 Å². The summed E-state index contributed by atoms with van der Waals surface area (Å²) in [6.45, 7) is 3.35. The van der Waals surface area contributed by atoms with Crippen molar-refractivity contribution in [1.29, 1.82) is 0 Å². The average Bonchev–Trinajstić information content (AvgIpc) is 2.78. The Hall–Kier alpha value is -2.51. The summed E-state index contributed by atoms with van der Waals surface area (Å²) in [5, 5.41) is 11.6. The Bertz CT molecular complexity index is 845. The number of carbonyl (C=O) groups is 1. The molecule has 1 saturated heterocycles. The van der Waals surface area contributed by atoms with Crippen LogP contribution in [0.5, 0.6) is 5.75 Å². The second-order valence-electron chi connectivity index (χ2n) is 8.02. The molecule has 0 radical (unpaired) electrons. The molecule has 1 heterocycles. The molecule has 1 aliphatic heterocycles. The Morgan fingerprint density at radius 2 is 1.90 bits per heavy atom. The van der Waals surface area contributed by atoms with Gasteiger partial charge in [0.15, 0.2) is 11.6 Å². The minimum Gasteiger partial charge on any atom is -0.491 e. The van der Waals surface area contributed by atoms with Crippen molar-refractivity contribution >= 4 is 5.91 Å². The molecule has 31 heavy (non-hydrogen) atoms. The fourth-order valence-corrected chi connectivity index (χ4v) is 3.92. The lowest BCUT2D eigenvalue weighted by Gasteiger charge is -2.32. The van der Waals surface area contributed by atoms with Crippen LogP contribution < -0.4 is 10.1 Å². The predicted molar refractivity (Wildman–Crippen MR) is 114 cm³/mol. The smallest absolute Gasteiger partial charge is 0.220 e. The molecule has 3 rings (SSSR count). The quantitative estimate of drug-likeness (QED) is 0.602.